The van der Waals surface area contributed by atoms with E-state index in [1.54, 1.807) is 6.20 Å². The maximum atomic E-state index is 10.6. The average molecular weight is 371 g/mol. The summed E-state index contributed by atoms with van der Waals surface area (Å²) in [5, 5.41) is 12.4. The highest BCUT2D eigenvalue weighted by molar-refractivity contribution is 6.35. The number of aryl methyl sites for hydroxylation is 1. The Bertz CT molecular complexity index is 902. The number of aliphatic hydroxyl groups excluding tert-OH is 1. The van der Waals surface area contributed by atoms with Gasteiger partial charge in [0.25, 0.3) is 0 Å². The van der Waals surface area contributed by atoms with Gasteiger partial charge in [0.2, 0.25) is 0 Å². The Hall–Kier alpha value is -1.95. The van der Waals surface area contributed by atoms with Crippen LogP contribution < -0.4 is 0 Å². The lowest BCUT2D eigenvalue weighted by atomic mass is 9.90. The Morgan fingerprint density at radius 3 is 2.77 bits per heavy atom. The Labute approximate surface area is 158 Å². The summed E-state index contributed by atoms with van der Waals surface area (Å²) >= 11 is 6.28. The van der Waals surface area contributed by atoms with E-state index in [9.17, 15) is 5.11 Å². The summed E-state index contributed by atoms with van der Waals surface area (Å²) in [6, 6.07) is 10.0. The predicted molar refractivity (Wildman–Crippen MR) is 103 cm³/mol. The zero-order chi connectivity index (χ0) is 18.1. The number of piperidine rings is 1. The molecular formula is C20H23ClN4O. The number of pyridine rings is 1. The van der Waals surface area contributed by atoms with Gasteiger partial charge in [-0.2, -0.15) is 0 Å². The van der Waals surface area contributed by atoms with E-state index >= 15 is 0 Å². The first-order chi connectivity index (χ1) is 12.6. The Morgan fingerprint density at radius 1 is 1.23 bits per heavy atom. The third-order valence-corrected chi connectivity index (χ3v) is 5.62. The van der Waals surface area contributed by atoms with E-state index in [0.717, 1.165) is 54.9 Å². The molecule has 4 rings (SSSR count). The minimum absolute atomic E-state index is 0.256. The highest BCUT2D eigenvalue weighted by Crippen LogP contribution is 2.30. The quantitative estimate of drug-likeness (QED) is 0.762. The molecule has 1 aliphatic heterocycles. The molecule has 0 bridgehead atoms. The highest BCUT2D eigenvalue weighted by Gasteiger charge is 2.28. The van der Waals surface area contributed by atoms with Crippen LogP contribution in [0.1, 0.15) is 30.5 Å². The van der Waals surface area contributed by atoms with Crippen LogP contribution >= 0.6 is 11.6 Å². The second kappa shape index (κ2) is 7.35. The van der Waals surface area contributed by atoms with Crippen LogP contribution in [-0.2, 0) is 13.6 Å². The summed E-state index contributed by atoms with van der Waals surface area (Å²) in [5.74, 6) is 1.01. The maximum absolute atomic E-state index is 10.6. The molecule has 0 saturated carbocycles. The number of rotatable bonds is 4. The summed E-state index contributed by atoms with van der Waals surface area (Å²) in [7, 11) is 1.93. The summed E-state index contributed by atoms with van der Waals surface area (Å²) < 4.78 is 1.90. The molecule has 1 aliphatic rings. The van der Waals surface area contributed by atoms with E-state index in [1.807, 2.05) is 36.0 Å². The van der Waals surface area contributed by atoms with Crippen molar-refractivity contribution in [3.63, 3.8) is 0 Å². The number of benzene rings is 1. The Morgan fingerprint density at radius 2 is 2.04 bits per heavy atom. The number of imidazole rings is 1. The second-order valence-corrected chi connectivity index (χ2v) is 7.48. The standard InChI is InChI=1S/C20H23ClN4O/c1-24-12-9-22-20(24)19(26)15-7-10-25(11-8-15)13-16-6-5-14-3-2-4-17(21)18(14)23-16/h2-6,9,12,15,19,26H,7-8,10-11,13H2,1H3/t19-/m0/s1. The average Bonchev–Trinajstić information content (AvgIpc) is 3.08. The lowest BCUT2D eigenvalue weighted by Gasteiger charge is -2.33. The van der Waals surface area contributed by atoms with Gasteiger partial charge in [0, 0.05) is 31.4 Å². The van der Waals surface area contributed by atoms with Gasteiger partial charge in [0.1, 0.15) is 11.9 Å². The normalized spacial score (nSPS) is 17.7. The van der Waals surface area contributed by atoms with Crippen molar-refractivity contribution in [2.45, 2.75) is 25.5 Å². The van der Waals surface area contributed by atoms with Gasteiger partial charge in [0.15, 0.2) is 0 Å². The van der Waals surface area contributed by atoms with Crippen LogP contribution in [-0.4, -0.2) is 37.6 Å². The van der Waals surface area contributed by atoms with Crippen LogP contribution in [0.4, 0.5) is 0 Å². The van der Waals surface area contributed by atoms with Crippen molar-refractivity contribution in [2.75, 3.05) is 13.1 Å². The molecule has 0 spiro atoms. The summed E-state index contributed by atoms with van der Waals surface area (Å²) in [6.07, 6.45) is 5.05. The first kappa shape index (κ1) is 17.5. The molecule has 1 atom stereocenters. The molecule has 5 nitrogen and oxygen atoms in total. The summed E-state index contributed by atoms with van der Waals surface area (Å²) in [6.45, 7) is 2.72. The molecular weight excluding hydrogens is 348 g/mol. The molecule has 2 aromatic heterocycles. The van der Waals surface area contributed by atoms with Crippen molar-refractivity contribution in [1.82, 2.24) is 19.4 Å². The monoisotopic (exact) mass is 370 g/mol. The van der Waals surface area contributed by atoms with Crippen molar-refractivity contribution >= 4 is 22.5 Å². The zero-order valence-electron chi connectivity index (χ0n) is 14.8. The van der Waals surface area contributed by atoms with Gasteiger partial charge in [-0.05, 0) is 44.0 Å². The number of hydrogen-bond acceptors (Lipinski definition) is 4. The predicted octanol–water partition coefficient (Wildman–Crippen LogP) is 3.57. The van der Waals surface area contributed by atoms with Crippen LogP contribution in [0.3, 0.4) is 0 Å². The van der Waals surface area contributed by atoms with Crippen LogP contribution in [0.25, 0.3) is 10.9 Å². The lowest BCUT2D eigenvalue weighted by Crippen LogP contribution is -2.35. The molecule has 1 N–H and O–H groups in total. The molecule has 0 unspecified atom stereocenters. The largest absolute Gasteiger partial charge is 0.385 e. The van der Waals surface area contributed by atoms with E-state index in [1.165, 1.54) is 0 Å². The van der Waals surface area contributed by atoms with Crippen molar-refractivity contribution in [2.24, 2.45) is 13.0 Å². The number of fused-ring (bicyclic) bond motifs is 1. The topological polar surface area (TPSA) is 54.2 Å². The summed E-state index contributed by atoms with van der Waals surface area (Å²) in [5.41, 5.74) is 1.90. The first-order valence-corrected chi connectivity index (χ1v) is 9.41. The highest BCUT2D eigenvalue weighted by atomic mass is 35.5. The summed E-state index contributed by atoms with van der Waals surface area (Å²) in [4.78, 5) is 11.4. The Balaban J connectivity index is 1.39. The molecule has 3 heterocycles. The van der Waals surface area contributed by atoms with E-state index in [-0.39, 0.29) is 5.92 Å². The number of likely N-dealkylation sites (tertiary alicyclic amines) is 1. The van der Waals surface area contributed by atoms with Crippen LogP contribution in [0.5, 0.6) is 0 Å². The number of nitrogens with zero attached hydrogens (tertiary/aromatic N) is 4. The molecule has 26 heavy (non-hydrogen) atoms. The molecule has 6 heteroatoms. The minimum Gasteiger partial charge on any atom is -0.385 e. The van der Waals surface area contributed by atoms with Crippen LogP contribution in [0, 0.1) is 5.92 Å². The third kappa shape index (κ3) is 3.47. The lowest BCUT2D eigenvalue weighted by molar-refractivity contribution is 0.0489. The van der Waals surface area contributed by atoms with Crippen LogP contribution in [0.15, 0.2) is 42.7 Å². The van der Waals surface area contributed by atoms with Gasteiger partial charge in [-0.25, -0.2) is 9.97 Å². The van der Waals surface area contributed by atoms with E-state index < -0.39 is 6.10 Å². The van der Waals surface area contributed by atoms with Gasteiger partial charge in [-0.1, -0.05) is 29.8 Å². The minimum atomic E-state index is -0.491. The molecule has 3 aromatic rings. The van der Waals surface area contributed by atoms with Gasteiger partial charge >= 0.3 is 0 Å². The van der Waals surface area contributed by atoms with Crippen molar-refractivity contribution in [3.8, 4) is 0 Å². The van der Waals surface area contributed by atoms with Crippen LogP contribution in [0.2, 0.25) is 5.02 Å². The zero-order valence-corrected chi connectivity index (χ0v) is 15.6. The molecule has 136 valence electrons. The molecule has 0 amide bonds. The molecule has 0 radical (unpaired) electrons. The van der Waals surface area contributed by atoms with E-state index in [4.69, 9.17) is 16.6 Å². The third-order valence-electron chi connectivity index (χ3n) is 5.32. The number of para-hydroxylation sites is 1. The van der Waals surface area contributed by atoms with Crippen molar-refractivity contribution < 1.29 is 5.11 Å². The second-order valence-electron chi connectivity index (χ2n) is 7.07. The van der Waals surface area contributed by atoms with Gasteiger partial charge in [-0.15, -0.1) is 0 Å². The maximum Gasteiger partial charge on any atom is 0.137 e. The van der Waals surface area contributed by atoms with Crippen molar-refractivity contribution in [3.05, 3.63) is 59.3 Å². The first-order valence-electron chi connectivity index (χ1n) is 9.03. The van der Waals surface area contributed by atoms with E-state index in [0.29, 0.717) is 5.02 Å². The fraction of sp³-hybridized carbons (Fsp3) is 0.400. The number of hydrogen-bond donors (Lipinski definition) is 1. The van der Waals surface area contributed by atoms with Gasteiger partial charge in [0.05, 0.1) is 16.2 Å². The molecule has 1 aromatic carbocycles. The molecule has 1 fully saturated rings. The molecule has 0 aliphatic carbocycles. The number of aliphatic hydroxyl groups is 1. The Kier molecular flexibility index (Phi) is 4.94. The smallest absolute Gasteiger partial charge is 0.137 e. The number of aromatic nitrogens is 3. The number of halogens is 1. The van der Waals surface area contributed by atoms with Crippen molar-refractivity contribution in [1.29, 1.82) is 0 Å². The van der Waals surface area contributed by atoms with E-state index in [2.05, 4.69) is 22.0 Å². The van der Waals surface area contributed by atoms with Gasteiger partial charge in [-0.3, -0.25) is 4.90 Å². The molecule has 1 saturated heterocycles. The fourth-order valence-corrected chi connectivity index (χ4v) is 3.99. The SMILES string of the molecule is Cn1ccnc1[C@@H](O)C1CCN(Cc2ccc3cccc(Cl)c3n2)CC1. The van der Waals surface area contributed by atoms with Gasteiger partial charge < -0.3 is 9.67 Å². The fourth-order valence-electron chi connectivity index (χ4n) is 3.77.